The Balaban J connectivity index is 1.69. The second-order valence-electron chi connectivity index (χ2n) is 5.89. The third-order valence-corrected chi connectivity index (χ3v) is 4.30. The first-order valence-corrected chi connectivity index (χ1v) is 8.23. The van der Waals surface area contributed by atoms with Crippen molar-refractivity contribution in [3.63, 3.8) is 0 Å². The summed E-state index contributed by atoms with van der Waals surface area (Å²) in [7, 11) is 0. The van der Waals surface area contributed by atoms with Crippen molar-refractivity contribution in [2.24, 2.45) is 4.99 Å². The van der Waals surface area contributed by atoms with Gasteiger partial charge in [0.1, 0.15) is 0 Å². The smallest absolute Gasteiger partial charge is 0.403 e. The second-order valence-corrected chi connectivity index (χ2v) is 6.30. The van der Waals surface area contributed by atoms with Crippen molar-refractivity contribution in [3.8, 4) is 11.4 Å². The molecule has 0 aliphatic carbocycles. The van der Waals surface area contributed by atoms with Crippen molar-refractivity contribution in [2.75, 3.05) is 0 Å². The Hall–Kier alpha value is -3.20. The lowest BCUT2D eigenvalue weighted by molar-refractivity contribution is -0.159. The van der Waals surface area contributed by atoms with Crippen LogP contribution in [0.1, 0.15) is 27.4 Å². The summed E-state index contributed by atoms with van der Waals surface area (Å²) in [5, 5.41) is 3.61. The van der Waals surface area contributed by atoms with Crippen LogP contribution in [0, 0.1) is 6.92 Å². The van der Waals surface area contributed by atoms with Crippen LogP contribution in [0.25, 0.3) is 11.4 Å². The molecule has 10 heteroatoms. The average Bonchev–Trinajstić information content (AvgIpc) is 3.23. The van der Waals surface area contributed by atoms with Crippen LogP contribution < -0.4 is 0 Å². The number of aromatic nitrogens is 2. The average molecular weight is 408 g/mol. The molecule has 0 atom stereocenters. The Labute approximate surface area is 160 Å². The number of cyclic esters (lactones) is 1. The molecule has 1 aromatic heterocycles. The molecule has 1 aliphatic heterocycles. The van der Waals surface area contributed by atoms with Gasteiger partial charge in [0.15, 0.2) is 0 Å². The molecule has 0 bridgehead atoms. The minimum Gasteiger partial charge on any atom is -0.403 e. The van der Waals surface area contributed by atoms with Gasteiger partial charge < -0.3 is 9.26 Å². The van der Waals surface area contributed by atoms with Crippen molar-refractivity contribution in [1.82, 2.24) is 10.1 Å². The number of ether oxygens (including phenoxy) is 1. The molecule has 28 heavy (non-hydrogen) atoms. The van der Waals surface area contributed by atoms with Crippen molar-refractivity contribution in [1.29, 1.82) is 0 Å². The molecule has 0 fully saturated rings. The van der Waals surface area contributed by atoms with E-state index in [0.29, 0.717) is 22.4 Å². The van der Waals surface area contributed by atoms with Gasteiger partial charge in [-0.1, -0.05) is 22.8 Å². The van der Waals surface area contributed by atoms with Gasteiger partial charge in [-0.25, -0.2) is 9.79 Å². The fraction of sp³-hybridized carbons (Fsp3) is 0.111. The summed E-state index contributed by atoms with van der Waals surface area (Å²) in [6, 6.07) is 9.51. The Morgan fingerprint density at radius 3 is 2.64 bits per heavy atom. The van der Waals surface area contributed by atoms with Gasteiger partial charge in [-0.05, 0) is 42.8 Å². The van der Waals surface area contributed by atoms with E-state index in [1.165, 1.54) is 6.07 Å². The van der Waals surface area contributed by atoms with Crippen LogP contribution in [0.2, 0.25) is 5.02 Å². The van der Waals surface area contributed by atoms with Gasteiger partial charge in [0.25, 0.3) is 0 Å². The van der Waals surface area contributed by atoms with Gasteiger partial charge in [0, 0.05) is 5.56 Å². The van der Waals surface area contributed by atoms with E-state index in [4.69, 9.17) is 16.3 Å². The Bertz CT molecular complexity index is 1140. The lowest BCUT2D eigenvalue weighted by Crippen LogP contribution is -2.04. The van der Waals surface area contributed by atoms with Gasteiger partial charge >= 0.3 is 18.0 Å². The van der Waals surface area contributed by atoms with E-state index in [1.807, 2.05) is 0 Å². The number of halogens is 4. The fourth-order valence-electron chi connectivity index (χ4n) is 2.67. The van der Waals surface area contributed by atoms with E-state index < -0.39 is 18.0 Å². The zero-order valence-corrected chi connectivity index (χ0v) is 14.8. The number of fused-ring (bicyclic) bond motifs is 1. The molecule has 142 valence electrons. The molecule has 4 rings (SSSR count). The van der Waals surface area contributed by atoms with Crippen LogP contribution in [0.15, 0.2) is 45.9 Å². The number of esters is 1. The van der Waals surface area contributed by atoms with Crippen molar-refractivity contribution in [3.05, 3.63) is 64.0 Å². The first-order valence-electron chi connectivity index (χ1n) is 7.86. The number of hydrogen-bond acceptors (Lipinski definition) is 6. The number of carbonyl (C=O) groups is 1. The summed E-state index contributed by atoms with van der Waals surface area (Å²) in [5.41, 5.74) is 2.10. The van der Waals surface area contributed by atoms with Crippen LogP contribution in [-0.4, -0.2) is 22.0 Å². The molecule has 1 aliphatic rings. The molecular formula is C18H9ClF3N3O3. The molecule has 2 aromatic carbocycles. The van der Waals surface area contributed by atoms with Gasteiger partial charge in [-0.15, -0.1) is 0 Å². The number of alkyl halides is 3. The van der Waals surface area contributed by atoms with Gasteiger partial charge in [0.05, 0.1) is 21.8 Å². The minimum atomic E-state index is -4.72. The van der Waals surface area contributed by atoms with Gasteiger partial charge in [-0.3, -0.25) is 0 Å². The molecule has 0 amide bonds. The SMILES string of the molecule is Cc1cc(-c2noc(C(F)(F)F)n2)ccc1/N=C1\OC(=O)c2c(Cl)cccc21. The summed E-state index contributed by atoms with van der Waals surface area (Å²) >= 11 is 6.03. The molecular weight excluding hydrogens is 399 g/mol. The highest BCUT2D eigenvalue weighted by molar-refractivity contribution is 6.36. The van der Waals surface area contributed by atoms with E-state index in [9.17, 15) is 18.0 Å². The number of benzene rings is 2. The Morgan fingerprint density at radius 2 is 1.96 bits per heavy atom. The maximum absolute atomic E-state index is 12.6. The number of rotatable bonds is 2. The predicted molar refractivity (Wildman–Crippen MR) is 92.5 cm³/mol. The largest absolute Gasteiger partial charge is 0.471 e. The first-order chi connectivity index (χ1) is 13.2. The Morgan fingerprint density at radius 1 is 1.18 bits per heavy atom. The lowest BCUT2D eigenvalue weighted by Gasteiger charge is -2.04. The van der Waals surface area contributed by atoms with Crippen LogP contribution in [0.3, 0.4) is 0 Å². The van der Waals surface area contributed by atoms with E-state index >= 15 is 0 Å². The standard InChI is InChI=1S/C18H9ClF3N3O3/c1-8-7-9(14-24-17(28-25-14)18(20,21)22)5-6-12(8)23-15-10-3-2-4-11(19)13(10)16(26)27-15/h2-7H,1H3/b23-15-. The summed E-state index contributed by atoms with van der Waals surface area (Å²) in [5.74, 6) is -2.12. The predicted octanol–water partition coefficient (Wildman–Crippen LogP) is 4.97. The normalized spacial score (nSPS) is 15.0. The maximum atomic E-state index is 12.6. The van der Waals surface area contributed by atoms with E-state index in [1.54, 1.807) is 37.3 Å². The zero-order chi connectivity index (χ0) is 20.1. The summed E-state index contributed by atoms with van der Waals surface area (Å²) in [6.45, 7) is 1.70. The lowest BCUT2D eigenvalue weighted by atomic mass is 10.1. The van der Waals surface area contributed by atoms with Gasteiger partial charge in [0.2, 0.25) is 11.7 Å². The van der Waals surface area contributed by atoms with Crippen molar-refractivity contribution < 1.29 is 27.2 Å². The number of carbonyl (C=O) groups excluding carboxylic acids is 1. The van der Waals surface area contributed by atoms with E-state index in [2.05, 4.69) is 19.7 Å². The third-order valence-electron chi connectivity index (χ3n) is 3.98. The highest BCUT2D eigenvalue weighted by atomic mass is 35.5. The molecule has 0 radical (unpaired) electrons. The highest BCUT2D eigenvalue weighted by Gasteiger charge is 2.38. The highest BCUT2D eigenvalue weighted by Crippen LogP contribution is 2.32. The van der Waals surface area contributed by atoms with Crippen molar-refractivity contribution >= 4 is 29.2 Å². The fourth-order valence-corrected chi connectivity index (χ4v) is 2.92. The number of hydrogen-bond donors (Lipinski definition) is 0. The second kappa shape index (κ2) is 6.45. The van der Waals surface area contributed by atoms with Crippen LogP contribution in [-0.2, 0) is 10.9 Å². The molecule has 3 aromatic rings. The van der Waals surface area contributed by atoms with Crippen molar-refractivity contribution in [2.45, 2.75) is 13.1 Å². The van der Waals surface area contributed by atoms with Crippen LogP contribution in [0.4, 0.5) is 18.9 Å². The van der Waals surface area contributed by atoms with E-state index in [-0.39, 0.29) is 22.3 Å². The molecule has 2 heterocycles. The summed E-state index contributed by atoms with van der Waals surface area (Å²) in [4.78, 5) is 19.7. The molecule has 0 N–H and O–H groups in total. The Kier molecular flexibility index (Phi) is 4.19. The topological polar surface area (TPSA) is 77.6 Å². The first kappa shape index (κ1) is 18.2. The number of nitrogens with zero attached hydrogens (tertiary/aromatic N) is 3. The molecule has 0 unspecified atom stereocenters. The monoisotopic (exact) mass is 407 g/mol. The number of aliphatic imine (C=N–C) groups is 1. The summed E-state index contributed by atoms with van der Waals surface area (Å²) in [6.07, 6.45) is -4.72. The maximum Gasteiger partial charge on any atom is 0.471 e. The van der Waals surface area contributed by atoms with E-state index in [0.717, 1.165) is 0 Å². The van der Waals surface area contributed by atoms with Gasteiger partial charge in [-0.2, -0.15) is 18.2 Å². The minimum absolute atomic E-state index is 0.0947. The molecule has 0 saturated heterocycles. The quantitative estimate of drug-likeness (QED) is 0.561. The van der Waals surface area contributed by atoms with Crippen LogP contribution in [0.5, 0.6) is 0 Å². The summed E-state index contributed by atoms with van der Waals surface area (Å²) < 4.78 is 47.2. The number of aryl methyl sites for hydroxylation is 1. The molecule has 6 nitrogen and oxygen atoms in total. The molecule has 0 spiro atoms. The molecule has 0 saturated carbocycles. The van der Waals surface area contributed by atoms with Crippen LogP contribution >= 0.6 is 11.6 Å². The zero-order valence-electron chi connectivity index (χ0n) is 14.0. The third kappa shape index (κ3) is 3.13.